The number of aromatic nitrogens is 2. The Morgan fingerprint density at radius 2 is 1.58 bits per heavy atom. The standard InChI is InChI=1S/C23H17N3O4S/c1-16-21(31-20-10-6-3-7-11-20)22(25(24-16)18-8-4-2-5-9-18)30-23(27)17-12-14-19(15-13-17)26(28)29/h2-15H,1H3. The van der Waals surface area contributed by atoms with Crippen molar-refractivity contribution in [2.24, 2.45) is 0 Å². The highest BCUT2D eigenvalue weighted by Gasteiger charge is 2.23. The first-order valence-electron chi connectivity index (χ1n) is 9.37. The van der Waals surface area contributed by atoms with Crippen molar-refractivity contribution >= 4 is 23.4 Å². The zero-order valence-electron chi connectivity index (χ0n) is 16.5. The summed E-state index contributed by atoms with van der Waals surface area (Å²) in [6.45, 7) is 1.86. The van der Waals surface area contributed by atoms with Crippen LogP contribution < -0.4 is 4.74 Å². The predicted molar refractivity (Wildman–Crippen MR) is 117 cm³/mol. The number of hydrogen-bond acceptors (Lipinski definition) is 6. The van der Waals surface area contributed by atoms with E-state index >= 15 is 0 Å². The minimum absolute atomic E-state index is 0.0953. The molecule has 0 N–H and O–H groups in total. The first-order chi connectivity index (χ1) is 15.0. The van der Waals surface area contributed by atoms with Gasteiger partial charge in [-0.3, -0.25) is 10.1 Å². The number of nitro groups is 1. The van der Waals surface area contributed by atoms with E-state index in [0.717, 1.165) is 10.6 Å². The largest absolute Gasteiger partial charge is 0.402 e. The number of para-hydroxylation sites is 1. The average Bonchev–Trinajstić information content (AvgIpc) is 3.10. The fraction of sp³-hybridized carbons (Fsp3) is 0.0435. The highest BCUT2D eigenvalue weighted by atomic mass is 32.2. The van der Waals surface area contributed by atoms with Gasteiger partial charge in [-0.05, 0) is 43.3 Å². The molecule has 1 aromatic heterocycles. The van der Waals surface area contributed by atoms with E-state index in [0.29, 0.717) is 16.5 Å². The van der Waals surface area contributed by atoms with E-state index in [1.165, 1.54) is 36.0 Å². The molecule has 31 heavy (non-hydrogen) atoms. The number of nitro benzene ring substituents is 1. The number of non-ortho nitro benzene ring substituents is 1. The molecule has 0 aliphatic rings. The van der Waals surface area contributed by atoms with Gasteiger partial charge in [0.15, 0.2) is 0 Å². The van der Waals surface area contributed by atoms with Crippen LogP contribution in [0.4, 0.5) is 5.69 Å². The molecule has 3 aromatic carbocycles. The van der Waals surface area contributed by atoms with Crippen molar-refractivity contribution in [3.05, 3.63) is 106 Å². The number of benzene rings is 3. The Hall–Kier alpha value is -3.91. The number of aryl methyl sites for hydroxylation is 1. The third kappa shape index (κ3) is 4.49. The number of carbonyl (C=O) groups is 1. The second-order valence-corrected chi connectivity index (χ2v) is 7.66. The van der Waals surface area contributed by atoms with Gasteiger partial charge in [-0.15, -0.1) is 0 Å². The van der Waals surface area contributed by atoms with Crippen LogP contribution in [0.1, 0.15) is 16.1 Å². The van der Waals surface area contributed by atoms with Gasteiger partial charge in [0.05, 0.1) is 26.8 Å². The van der Waals surface area contributed by atoms with Gasteiger partial charge in [0.2, 0.25) is 5.88 Å². The number of rotatable bonds is 6. The minimum Gasteiger partial charge on any atom is -0.402 e. The molecule has 154 valence electrons. The molecule has 7 nitrogen and oxygen atoms in total. The van der Waals surface area contributed by atoms with E-state index in [9.17, 15) is 14.9 Å². The second-order valence-electron chi connectivity index (χ2n) is 6.58. The van der Waals surface area contributed by atoms with Crippen molar-refractivity contribution in [2.75, 3.05) is 0 Å². The molecule has 0 aliphatic heterocycles. The van der Waals surface area contributed by atoms with Crippen LogP contribution >= 0.6 is 11.8 Å². The van der Waals surface area contributed by atoms with E-state index in [-0.39, 0.29) is 11.3 Å². The van der Waals surface area contributed by atoms with Crippen LogP contribution in [0.25, 0.3) is 5.69 Å². The summed E-state index contributed by atoms with van der Waals surface area (Å²) in [5.41, 5.74) is 1.57. The van der Waals surface area contributed by atoms with E-state index < -0.39 is 10.9 Å². The smallest absolute Gasteiger partial charge is 0.344 e. The van der Waals surface area contributed by atoms with Crippen molar-refractivity contribution < 1.29 is 14.5 Å². The highest BCUT2D eigenvalue weighted by molar-refractivity contribution is 7.99. The van der Waals surface area contributed by atoms with E-state index in [4.69, 9.17) is 4.74 Å². The summed E-state index contributed by atoms with van der Waals surface area (Å²) in [7, 11) is 0. The number of hydrogen-bond donors (Lipinski definition) is 0. The van der Waals surface area contributed by atoms with Gasteiger partial charge >= 0.3 is 5.97 Å². The quantitative estimate of drug-likeness (QED) is 0.229. The normalized spacial score (nSPS) is 10.6. The van der Waals surface area contributed by atoms with Crippen LogP contribution in [-0.2, 0) is 0 Å². The van der Waals surface area contributed by atoms with Crippen molar-refractivity contribution in [3.63, 3.8) is 0 Å². The van der Waals surface area contributed by atoms with Gasteiger partial charge in [0.25, 0.3) is 5.69 Å². The van der Waals surface area contributed by atoms with E-state index in [1.54, 1.807) is 4.68 Å². The maximum absolute atomic E-state index is 12.9. The SMILES string of the molecule is Cc1nn(-c2ccccc2)c(OC(=O)c2ccc([N+](=O)[O-])cc2)c1Sc1ccccc1. The Labute approximate surface area is 182 Å². The maximum Gasteiger partial charge on any atom is 0.344 e. The maximum atomic E-state index is 12.9. The predicted octanol–water partition coefficient (Wildman–Crippen LogP) is 5.46. The molecule has 0 aliphatic carbocycles. The molecule has 0 bridgehead atoms. The summed E-state index contributed by atoms with van der Waals surface area (Å²) < 4.78 is 7.37. The van der Waals surface area contributed by atoms with Crippen LogP contribution in [0.3, 0.4) is 0 Å². The zero-order valence-corrected chi connectivity index (χ0v) is 17.3. The highest BCUT2D eigenvalue weighted by Crippen LogP contribution is 2.39. The lowest BCUT2D eigenvalue weighted by Gasteiger charge is -2.10. The minimum atomic E-state index is -0.623. The summed E-state index contributed by atoms with van der Waals surface area (Å²) in [6.07, 6.45) is 0. The number of carbonyl (C=O) groups excluding carboxylic acids is 1. The Morgan fingerprint density at radius 3 is 2.19 bits per heavy atom. The number of esters is 1. The topological polar surface area (TPSA) is 87.3 Å². The molecular formula is C23H17N3O4S. The monoisotopic (exact) mass is 431 g/mol. The Kier molecular flexibility index (Phi) is 5.81. The lowest BCUT2D eigenvalue weighted by atomic mass is 10.2. The van der Waals surface area contributed by atoms with Gasteiger partial charge in [0, 0.05) is 17.0 Å². The van der Waals surface area contributed by atoms with Crippen molar-refractivity contribution in [1.29, 1.82) is 0 Å². The fourth-order valence-corrected chi connectivity index (χ4v) is 3.85. The molecule has 0 unspecified atom stereocenters. The lowest BCUT2D eigenvalue weighted by molar-refractivity contribution is -0.384. The van der Waals surface area contributed by atoms with Gasteiger partial charge in [0.1, 0.15) is 0 Å². The van der Waals surface area contributed by atoms with Crippen LogP contribution in [0.15, 0.2) is 94.7 Å². The van der Waals surface area contributed by atoms with Gasteiger partial charge in [-0.25, -0.2) is 4.79 Å². The van der Waals surface area contributed by atoms with Crippen LogP contribution in [0, 0.1) is 17.0 Å². The van der Waals surface area contributed by atoms with Crippen molar-refractivity contribution in [1.82, 2.24) is 9.78 Å². The van der Waals surface area contributed by atoms with Gasteiger partial charge in [-0.1, -0.05) is 48.2 Å². The molecule has 0 atom stereocenters. The summed E-state index contributed by atoms with van der Waals surface area (Å²) in [5, 5.41) is 15.5. The fourth-order valence-electron chi connectivity index (χ4n) is 2.92. The summed E-state index contributed by atoms with van der Waals surface area (Å²) in [6, 6.07) is 24.4. The first-order valence-corrected chi connectivity index (χ1v) is 10.2. The third-order valence-electron chi connectivity index (χ3n) is 4.43. The van der Waals surface area contributed by atoms with Crippen LogP contribution in [-0.4, -0.2) is 20.7 Å². The molecule has 0 radical (unpaired) electrons. The Balaban J connectivity index is 1.73. The third-order valence-corrected chi connectivity index (χ3v) is 5.61. The molecular weight excluding hydrogens is 414 g/mol. The van der Waals surface area contributed by atoms with E-state index in [1.807, 2.05) is 67.6 Å². The molecule has 4 rings (SSSR count). The second kappa shape index (κ2) is 8.85. The Morgan fingerprint density at radius 1 is 0.968 bits per heavy atom. The molecule has 0 amide bonds. The molecule has 0 fully saturated rings. The van der Waals surface area contributed by atoms with Crippen molar-refractivity contribution in [2.45, 2.75) is 16.7 Å². The number of ether oxygens (including phenoxy) is 1. The Bertz CT molecular complexity index is 1220. The summed E-state index contributed by atoms with van der Waals surface area (Å²) >= 11 is 1.45. The lowest BCUT2D eigenvalue weighted by Crippen LogP contribution is -2.12. The molecule has 0 saturated carbocycles. The molecule has 1 heterocycles. The number of nitrogens with zero attached hydrogens (tertiary/aromatic N) is 3. The zero-order chi connectivity index (χ0) is 21.8. The molecule has 0 spiro atoms. The van der Waals surface area contributed by atoms with Crippen LogP contribution in [0.5, 0.6) is 5.88 Å². The van der Waals surface area contributed by atoms with Gasteiger partial charge < -0.3 is 4.74 Å². The molecule has 0 saturated heterocycles. The summed E-state index contributed by atoms with van der Waals surface area (Å²) in [4.78, 5) is 24.9. The molecule has 4 aromatic rings. The van der Waals surface area contributed by atoms with Crippen molar-refractivity contribution in [3.8, 4) is 11.6 Å². The van der Waals surface area contributed by atoms with Gasteiger partial charge in [-0.2, -0.15) is 9.78 Å². The van der Waals surface area contributed by atoms with E-state index in [2.05, 4.69) is 5.10 Å². The molecule has 8 heteroatoms. The van der Waals surface area contributed by atoms with Crippen LogP contribution in [0.2, 0.25) is 0 Å². The summed E-state index contributed by atoms with van der Waals surface area (Å²) in [5.74, 6) is -0.331. The first kappa shape index (κ1) is 20.4. The average molecular weight is 431 g/mol.